The second-order valence-electron chi connectivity index (χ2n) is 12.1. The minimum absolute atomic E-state index is 0.0307. The van der Waals surface area contributed by atoms with E-state index in [4.69, 9.17) is 18.9 Å². The maximum Gasteiger partial charge on any atom is 0.304 e. The zero-order chi connectivity index (χ0) is 30.5. The van der Waals surface area contributed by atoms with Crippen molar-refractivity contribution < 1.29 is 23.8 Å². The minimum atomic E-state index is -0.751. The van der Waals surface area contributed by atoms with E-state index in [0.29, 0.717) is 18.0 Å². The number of hydrogen-bond acceptors (Lipinski definition) is 7. The molecule has 44 heavy (non-hydrogen) atoms. The average Bonchev–Trinajstić information content (AvgIpc) is 3.45. The van der Waals surface area contributed by atoms with Gasteiger partial charge in [0.05, 0.1) is 26.7 Å². The molecule has 3 heterocycles. The standard InChI is InChI=1S/C36H43N3O5/c1-25-30(27-10-5-8-26(20-27)9-7-14-38-16-18-43-19-17-38)12-6-13-31(25)36-37-32-21-28(33(42-2)23-34(32)44-36)24-39-15-4-3-11-29(39)22-35(40)41/h5-6,8,10,12-13,20-21,23,29H,3-4,7,9,11,14-19,22,24H2,1-2H3,(H,40,41). The molecule has 1 atom stereocenters. The average molecular weight is 598 g/mol. The summed E-state index contributed by atoms with van der Waals surface area (Å²) in [7, 11) is 1.66. The van der Waals surface area contributed by atoms with Gasteiger partial charge in [-0.3, -0.25) is 14.6 Å². The van der Waals surface area contributed by atoms with E-state index in [9.17, 15) is 9.90 Å². The summed E-state index contributed by atoms with van der Waals surface area (Å²) in [5, 5.41) is 9.43. The summed E-state index contributed by atoms with van der Waals surface area (Å²) in [6.45, 7) is 8.48. The molecule has 2 saturated heterocycles. The third-order valence-corrected chi connectivity index (χ3v) is 9.17. The SMILES string of the molecule is COc1cc2oc(-c3cccc(-c4cccc(CCCN5CCOCC5)c4)c3C)nc2cc1CN1CCCCC1CC(=O)O. The summed E-state index contributed by atoms with van der Waals surface area (Å²) < 4.78 is 17.6. The monoisotopic (exact) mass is 597 g/mol. The molecule has 1 aromatic heterocycles. The van der Waals surface area contributed by atoms with Crippen LogP contribution in [0.25, 0.3) is 33.7 Å². The lowest BCUT2D eigenvalue weighted by Gasteiger charge is -2.35. The van der Waals surface area contributed by atoms with Crippen molar-refractivity contribution in [3.05, 3.63) is 71.3 Å². The highest BCUT2D eigenvalue weighted by Gasteiger charge is 2.26. The van der Waals surface area contributed by atoms with Crippen molar-refractivity contribution in [3.8, 4) is 28.3 Å². The van der Waals surface area contributed by atoms with Crippen LogP contribution in [0.3, 0.4) is 0 Å². The van der Waals surface area contributed by atoms with Crippen LogP contribution < -0.4 is 4.74 Å². The van der Waals surface area contributed by atoms with Crippen LogP contribution in [-0.4, -0.2) is 78.4 Å². The second kappa shape index (κ2) is 13.9. The molecule has 4 aromatic rings. The van der Waals surface area contributed by atoms with Crippen molar-refractivity contribution >= 4 is 17.1 Å². The van der Waals surface area contributed by atoms with Gasteiger partial charge >= 0.3 is 5.97 Å². The summed E-state index contributed by atoms with van der Waals surface area (Å²) in [5.41, 5.74) is 8.26. The van der Waals surface area contributed by atoms with Crippen molar-refractivity contribution in [1.82, 2.24) is 14.8 Å². The number of hydrogen-bond donors (Lipinski definition) is 1. The van der Waals surface area contributed by atoms with Crippen LogP contribution >= 0.6 is 0 Å². The number of morpholine rings is 1. The number of ether oxygens (including phenoxy) is 2. The number of aromatic nitrogens is 1. The third-order valence-electron chi connectivity index (χ3n) is 9.17. The van der Waals surface area contributed by atoms with E-state index in [-0.39, 0.29) is 12.5 Å². The predicted molar refractivity (Wildman–Crippen MR) is 172 cm³/mol. The summed E-state index contributed by atoms with van der Waals surface area (Å²) in [4.78, 5) is 21.2. The van der Waals surface area contributed by atoms with Gasteiger partial charge in [0, 0.05) is 42.9 Å². The Morgan fingerprint density at radius 2 is 1.86 bits per heavy atom. The number of methoxy groups -OCH3 is 1. The Labute approximate surface area is 259 Å². The third kappa shape index (κ3) is 6.98. The fourth-order valence-electron chi connectivity index (χ4n) is 6.75. The lowest BCUT2D eigenvalue weighted by Crippen LogP contribution is -2.40. The van der Waals surface area contributed by atoms with E-state index in [2.05, 4.69) is 59.2 Å². The van der Waals surface area contributed by atoms with Crippen LogP contribution in [0.2, 0.25) is 0 Å². The molecule has 0 bridgehead atoms. The molecular weight excluding hydrogens is 554 g/mol. The molecule has 1 N–H and O–H groups in total. The van der Waals surface area contributed by atoms with Gasteiger partial charge in [-0.1, -0.05) is 42.8 Å². The fraction of sp³-hybridized carbons (Fsp3) is 0.444. The molecule has 0 aliphatic carbocycles. The van der Waals surface area contributed by atoms with E-state index in [1.807, 2.05) is 12.1 Å². The molecule has 8 nitrogen and oxygen atoms in total. The first-order chi connectivity index (χ1) is 21.5. The van der Waals surface area contributed by atoms with Gasteiger partial charge in [0.2, 0.25) is 5.89 Å². The molecule has 8 heteroatoms. The molecule has 0 spiro atoms. The van der Waals surface area contributed by atoms with Gasteiger partial charge in [-0.25, -0.2) is 4.98 Å². The van der Waals surface area contributed by atoms with Crippen LogP contribution in [0.1, 0.15) is 48.8 Å². The molecule has 2 aliphatic heterocycles. The van der Waals surface area contributed by atoms with Gasteiger partial charge in [0.25, 0.3) is 0 Å². The number of aryl methyl sites for hydroxylation is 1. The number of benzene rings is 3. The number of fused-ring (bicyclic) bond motifs is 1. The number of oxazole rings is 1. The first-order valence-electron chi connectivity index (χ1n) is 15.9. The maximum atomic E-state index is 11.5. The topological polar surface area (TPSA) is 88.3 Å². The van der Waals surface area contributed by atoms with Gasteiger partial charge in [0.15, 0.2) is 5.58 Å². The Hall–Kier alpha value is -3.72. The molecule has 0 amide bonds. The van der Waals surface area contributed by atoms with E-state index in [0.717, 1.165) is 99.5 Å². The Kier molecular flexibility index (Phi) is 9.60. The maximum absolute atomic E-state index is 11.5. The summed E-state index contributed by atoms with van der Waals surface area (Å²) in [6, 6.07) is 19.2. The van der Waals surface area contributed by atoms with Gasteiger partial charge in [-0.05, 0) is 80.1 Å². The second-order valence-corrected chi connectivity index (χ2v) is 12.1. The van der Waals surface area contributed by atoms with Crippen LogP contribution in [0.15, 0.2) is 59.0 Å². The smallest absolute Gasteiger partial charge is 0.304 e. The van der Waals surface area contributed by atoms with Gasteiger partial charge in [-0.15, -0.1) is 0 Å². The minimum Gasteiger partial charge on any atom is -0.496 e. The molecule has 2 aliphatic rings. The Balaban J connectivity index is 1.22. The molecule has 232 valence electrons. The number of carboxylic acid groups (broad SMARTS) is 1. The zero-order valence-corrected chi connectivity index (χ0v) is 25.9. The number of aliphatic carboxylic acids is 1. The van der Waals surface area contributed by atoms with Crippen LogP contribution in [-0.2, 0) is 22.5 Å². The fourth-order valence-corrected chi connectivity index (χ4v) is 6.75. The molecule has 1 unspecified atom stereocenters. The molecule has 2 fully saturated rings. The van der Waals surface area contributed by atoms with E-state index in [1.54, 1.807) is 7.11 Å². The van der Waals surface area contributed by atoms with Gasteiger partial charge < -0.3 is 19.0 Å². The molecular formula is C36H43N3O5. The van der Waals surface area contributed by atoms with E-state index < -0.39 is 5.97 Å². The van der Waals surface area contributed by atoms with Crippen molar-refractivity contribution in [2.24, 2.45) is 0 Å². The predicted octanol–water partition coefficient (Wildman–Crippen LogP) is 6.57. The van der Waals surface area contributed by atoms with Gasteiger partial charge in [-0.2, -0.15) is 0 Å². The zero-order valence-electron chi connectivity index (χ0n) is 25.9. The van der Waals surface area contributed by atoms with Crippen molar-refractivity contribution in [3.63, 3.8) is 0 Å². The Bertz CT molecular complexity index is 1590. The van der Waals surface area contributed by atoms with E-state index >= 15 is 0 Å². The number of carboxylic acids is 1. The summed E-state index contributed by atoms with van der Waals surface area (Å²) in [6.07, 6.45) is 5.38. The Morgan fingerprint density at radius 3 is 2.68 bits per heavy atom. The van der Waals surface area contributed by atoms with Crippen molar-refractivity contribution in [1.29, 1.82) is 0 Å². The number of rotatable bonds is 11. The number of carbonyl (C=O) groups is 1. The molecule has 0 saturated carbocycles. The summed E-state index contributed by atoms with van der Waals surface area (Å²) in [5.74, 6) is 0.566. The highest BCUT2D eigenvalue weighted by molar-refractivity contribution is 5.82. The summed E-state index contributed by atoms with van der Waals surface area (Å²) >= 11 is 0. The first-order valence-corrected chi connectivity index (χ1v) is 15.9. The number of likely N-dealkylation sites (tertiary alicyclic amines) is 1. The number of piperidine rings is 1. The largest absolute Gasteiger partial charge is 0.496 e. The van der Waals surface area contributed by atoms with Crippen molar-refractivity contribution in [2.45, 2.75) is 58.0 Å². The molecule has 3 aromatic carbocycles. The lowest BCUT2D eigenvalue weighted by molar-refractivity contribution is -0.138. The Morgan fingerprint density at radius 1 is 1.05 bits per heavy atom. The molecule has 0 radical (unpaired) electrons. The highest BCUT2D eigenvalue weighted by atomic mass is 16.5. The quantitative estimate of drug-likeness (QED) is 0.208. The first kappa shape index (κ1) is 30.3. The highest BCUT2D eigenvalue weighted by Crippen LogP contribution is 2.36. The molecule has 6 rings (SSSR count). The van der Waals surface area contributed by atoms with Crippen molar-refractivity contribution in [2.75, 3.05) is 46.5 Å². The lowest BCUT2D eigenvalue weighted by atomic mass is 9.94. The van der Waals surface area contributed by atoms with Crippen LogP contribution in [0.5, 0.6) is 5.75 Å². The van der Waals surface area contributed by atoms with Gasteiger partial charge in [0.1, 0.15) is 11.3 Å². The van der Waals surface area contributed by atoms with E-state index in [1.165, 1.54) is 16.7 Å². The number of nitrogens with zero attached hydrogens (tertiary/aromatic N) is 3. The van der Waals surface area contributed by atoms with Crippen LogP contribution in [0.4, 0.5) is 0 Å². The van der Waals surface area contributed by atoms with Crippen LogP contribution in [0, 0.1) is 6.92 Å². The normalized spacial score (nSPS) is 18.1.